The molecule has 0 atom stereocenters. The minimum Gasteiger partial charge on any atom is -0.315 e. The third-order valence-corrected chi connectivity index (χ3v) is 3.21. The highest BCUT2D eigenvalue weighted by molar-refractivity contribution is 6.05. The molecular weight excluding hydrogens is 236 g/mol. The van der Waals surface area contributed by atoms with Gasteiger partial charge in [0.25, 0.3) is 0 Å². The Labute approximate surface area is 113 Å². The molecule has 0 saturated heterocycles. The van der Waals surface area contributed by atoms with Gasteiger partial charge in [0.1, 0.15) is 0 Å². The molecule has 0 unspecified atom stereocenters. The Bertz CT molecular complexity index is 668. The Kier molecular flexibility index (Phi) is 3.52. The number of carbonyl (C=O) groups is 1. The molecule has 0 aromatic heterocycles. The summed E-state index contributed by atoms with van der Waals surface area (Å²) < 4.78 is 0. The lowest BCUT2D eigenvalue weighted by Gasteiger charge is -2.21. The number of nitriles is 1. The van der Waals surface area contributed by atoms with E-state index in [9.17, 15) is 4.79 Å². The van der Waals surface area contributed by atoms with E-state index in [4.69, 9.17) is 5.26 Å². The molecule has 0 fully saturated rings. The summed E-state index contributed by atoms with van der Waals surface area (Å²) in [6.07, 6.45) is 0. The molecule has 2 aromatic carbocycles. The maximum atomic E-state index is 12.1. The highest BCUT2D eigenvalue weighted by atomic mass is 16.2. The van der Waals surface area contributed by atoms with Gasteiger partial charge in [-0.3, -0.25) is 4.79 Å². The van der Waals surface area contributed by atoms with Gasteiger partial charge in [-0.2, -0.15) is 5.26 Å². The quantitative estimate of drug-likeness (QED) is 0.822. The van der Waals surface area contributed by atoms with Crippen LogP contribution in [0.4, 0.5) is 5.69 Å². The van der Waals surface area contributed by atoms with Crippen molar-refractivity contribution in [1.82, 2.24) is 0 Å². The molecule has 0 aliphatic heterocycles. The number of nitrogens with zero attached hydrogens (tertiary/aromatic N) is 2. The number of rotatable bonds is 2. The van der Waals surface area contributed by atoms with E-state index in [1.165, 1.54) is 0 Å². The summed E-state index contributed by atoms with van der Waals surface area (Å²) in [6.45, 7) is 3.76. The Morgan fingerprint density at radius 3 is 2.37 bits per heavy atom. The summed E-state index contributed by atoms with van der Waals surface area (Å²) in [5, 5.41) is 10.9. The minimum absolute atomic E-state index is 0.0561. The van der Waals surface area contributed by atoms with Gasteiger partial charge in [0.2, 0.25) is 5.91 Å². The minimum atomic E-state index is -0.0561. The second kappa shape index (κ2) is 5.11. The zero-order chi connectivity index (χ0) is 14.0. The molecule has 1 amide bonds. The van der Waals surface area contributed by atoms with Gasteiger partial charge in [0, 0.05) is 23.7 Å². The standard InChI is InChI=1S/C16H16N2O/c1-11(2)16(19)18(3)15-9-8-12(10-17)13-6-4-5-7-14(13)15/h4-9,11H,1-3H3. The zero-order valence-electron chi connectivity index (χ0n) is 11.3. The number of hydrogen-bond acceptors (Lipinski definition) is 2. The van der Waals surface area contributed by atoms with Gasteiger partial charge in [0.05, 0.1) is 17.3 Å². The van der Waals surface area contributed by atoms with Crippen LogP contribution in [0.2, 0.25) is 0 Å². The number of anilines is 1. The van der Waals surface area contributed by atoms with Crippen molar-refractivity contribution in [3.8, 4) is 6.07 Å². The predicted octanol–water partition coefficient (Wildman–Crippen LogP) is 3.33. The average Bonchev–Trinajstić information content (AvgIpc) is 2.44. The van der Waals surface area contributed by atoms with Crippen LogP contribution in [0.15, 0.2) is 36.4 Å². The Morgan fingerprint density at radius 1 is 1.16 bits per heavy atom. The average molecular weight is 252 g/mol. The topological polar surface area (TPSA) is 44.1 Å². The molecule has 0 aliphatic rings. The van der Waals surface area contributed by atoms with Crippen LogP contribution in [-0.4, -0.2) is 13.0 Å². The van der Waals surface area contributed by atoms with Crippen molar-refractivity contribution < 1.29 is 4.79 Å². The summed E-state index contributed by atoms with van der Waals surface area (Å²) in [6, 6.07) is 13.5. The maximum absolute atomic E-state index is 12.1. The van der Waals surface area contributed by atoms with Crippen LogP contribution in [-0.2, 0) is 4.79 Å². The molecule has 0 aliphatic carbocycles. The van der Waals surface area contributed by atoms with E-state index in [0.29, 0.717) is 5.56 Å². The van der Waals surface area contributed by atoms with Crippen LogP contribution in [0.3, 0.4) is 0 Å². The number of fused-ring (bicyclic) bond motifs is 1. The van der Waals surface area contributed by atoms with Crippen molar-refractivity contribution in [2.45, 2.75) is 13.8 Å². The molecule has 0 spiro atoms. The Morgan fingerprint density at radius 2 is 1.79 bits per heavy atom. The summed E-state index contributed by atoms with van der Waals surface area (Å²) in [5.41, 5.74) is 1.47. The normalized spacial score (nSPS) is 10.5. The molecule has 96 valence electrons. The van der Waals surface area contributed by atoms with Crippen molar-refractivity contribution in [2.24, 2.45) is 5.92 Å². The Balaban J connectivity index is 2.63. The van der Waals surface area contributed by atoms with Gasteiger partial charge in [-0.15, -0.1) is 0 Å². The second-order valence-corrected chi connectivity index (χ2v) is 4.84. The first kappa shape index (κ1) is 13.1. The number of carbonyl (C=O) groups excluding carboxylic acids is 1. The van der Waals surface area contributed by atoms with Gasteiger partial charge in [0.15, 0.2) is 0 Å². The van der Waals surface area contributed by atoms with Crippen LogP contribution >= 0.6 is 0 Å². The Hall–Kier alpha value is -2.34. The molecule has 0 saturated carbocycles. The van der Waals surface area contributed by atoms with E-state index < -0.39 is 0 Å². The SMILES string of the molecule is CC(C)C(=O)N(C)c1ccc(C#N)c2ccccc12. The van der Waals surface area contributed by atoms with E-state index in [1.807, 2.05) is 44.2 Å². The van der Waals surface area contributed by atoms with Crippen molar-refractivity contribution >= 4 is 22.4 Å². The number of hydrogen-bond donors (Lipinski definition) is 0. The van der Waals surface area contributed by atoms with Crippen LogP contribution in [0.5, 0.6) is 0 Å². The van der Waals surface area contributed by atoms with Crippen LogP contribution < -0.4 is 4.90 Å². The molecular formula is C16H16N2O. The third-order valence-electron chi connectivity index (χ3n) is 3.21. The van der Waals surface area contributed by atoms with E-state index in [2.05, 4.69) is 6.07 Å². The monoisotopic (exact) mass is 252 g/mol. The van der Waals surface area contributed by atoms with Crippen molar-refractivity contribution in [3.63, 3.8) is 0 Å². The molecule has 3 heteroatoms. The maximum Gasteiger partial charge on any atom is 0.229 e. The highest BCUT2D eigenvalue weighted by Crippen LogP contribution is 2.29. The van der Waals surface area contributed by atoms with Gasteiger partial charge >= 0.3 is 0 Å². The predicted molar refractivity (Wildman–Crippen MR) is 76.9 cm³/mol. The first-order chi connectivity index (χ1) is 9.06. The summed E-state index contributed by atoms with van der Waals surface area (Å²) in [5.74, 6) is 0.00858. The molecule has 3 nitrogen and oxygen atoms in total. The summed E-state index contributed by atoms with van der Waals surface area (Å²) >= 11 is 0. The van der Waals surface area contributed by atoms with Crippen LogP contribution in [0, 0.1) is 17.2 Å². The second-order valence-electron chi connectivity index (χ2n) is 4.84. The molecule has 2 rings (SSSR count). The third kappa shape index (κ3) is 2.30. The van der Waals surface area contributed by atoms with Crippen molar-refractivity contribution in [1.29, 1.82) is 5.26 Å². The van der Waals surface area contributed by atoms with E-state index in [-0.39, 0.29) is 11.8 Å². The van der Waals surface area contributed by atoms with Gasteiger partial charge in [-0.25, -0.2) is 0 Å². The fraction of sp³-hybridized carbons (Fsp3) is 0.250. The lowest BCUT2D eigenvalue weighted by atomic mass is 10.0. The van der Waals surface area contributed by atoms with Crippen molar-refractivity contribution in [3.05, 3.63) is 42.0 Å². The fourth-order valence-electron chi connectivity index (χ4n) is 2.18. The fourth-order valence-corrected chi connectivity index (χ4v) is 2.18. The summed E-state index contributed by atoms with van der Waals surface area (Å²) in [7, 11) is 1.77. The van der Waals surface area contributed by atoms with E-state index >= 15 is 0 Å². The van der Waals surface area contributed by atoms with Gasteiger partial charge in [-0.05, 0) is 12.1 Å². The molecule has 19 heavy (non-hydrogen) atoms. The van der Waals surface area contributed by atoms with E-state index in [0.717, 1.165) is 16.5 Å². The molecule has 2 aromatic rings. The lowest BCUT2D eigenvalue weighted by molar-refractivity contribution is -0.121. The molecule has 0 heterocycles. The molecule has 0 radical (unpaired) electrons. The van der Waals surface area contributed by atoms with Crippen LogP contribution in [0.1, 0.15) is 19.4 Å². The van der Waals surface area contributed by atoms with E-state index in [1.54, 1.807) is 18.0 Å². The van der Waals surface area contributed by atoms with Gasteiger partial charge in [-0.1, -0.05) is 38.1 Å². The zero-order valence-corrected chi connectivity index (χ0v) is 11.3. The first-order valence-corrected chi connectivity index (χ1v) is 6.25. The lowest BCUT2D eigenvalue weighted by Crippen LogP contribution is -2.30. The molecule has 0 N–H and O–H groups in total. The smallest absolute Gasteiger partial charge is 0.229 e. The first-order valence-electron chi connectivity index (χ1n) is 6.25. The molecule has 0 bridgehead atoms. The summed E-state index contributed by atoms with van der Waals surface area (Å²) in [4.78, 5) is 13.8. The largest absolute Gasteiger partial charge is 0.315 e. The number of benzene rings is 2. The van der Waals surface area contributed by atoms with Gasteiger partial charge < -0.3 is 4.90 Å². The van der Waals surface area contributed by atoms with Crippen LogP contribution in [0.25, 0.3) is 10.8 Å². The number of amides is 1. The highest BCUT2D eigenvalue weighted by Gasteiger charge is 2.17. The van der Waals surface area contributed by atoms with Crippen molar-refractivity contribution in [2.75, 3.05) is 11.9 Å².